The first-order valence-electron chi connectivity index (χ1n) is 6.56. The summed E-state index contributed by atoms with van der Waals surface area (Å²) >= 11 is 0. The summed E-state index contributed by atoms with van der Waals surface area (Å²) in [6.45, 7) is 3.75. The van der Waals surface area contributed by atoms with Crippen LogP contribution in [0.3, 0.4) is 0 Å². The third kappa shape index (κ3) is 2.69. The van der Waals surface area contributed by atoms with Gasteiger partial charge in [0.25, 0.3) is 5.91 Å². The molecule has 0 aliphatic rings. The van der Waals surface area contributed by atoms with Gasteiger partial charge >= 0.3 is 0 Å². The van der Waals surface area contributed by atoms with E-state index in [4.69, 9.17) is 0 Å². The largest absolute Gasteiger partial charge is 0.338 e. The summed E-state index contributed by atoms with van der Waals surface area (Å²) in [5.74, 6) is 0.0621. The molecule has 1 aromatic carbocycles. The molecule has 0 atom stereocenters. The van der Waals surface area contributed by atoms with E-state index >= 15 is 0 Å². The maximum atomic E-state index is 12.2. The predicted molar refractivity (Wildman–Crippen MR) is 79.6 cm³/mol. The van der Waals surface area contributed by atoms with Crippen LogP contribution in [0.5, 0.6) is 0 Å². The highest BCUT2D eigenvalue weighted by Crippen LogP contribution is 2.15. The normalized spacial score (nSPS) is 10.6. The van der Waals surface area contributed by atoms with Crippen LogP contribution in [-0.2, 0) is 0 Å². The smallest absolute Gasteiger partial charge is 0.291 e. The molecule has 2 aromatic heterocycles. The second-order valence-electron chi connectivity index (χ2n) is 4.77. The van der Waals surface area contributed by atoms with Crippen molar-refractivity contribution in [3.63, 3.8) is 0 Å². The van der Waals surface area contributed by atoms with Crippen molar-refractivity contribution in [2.45, 2.75) is 13.8 Å². The van der Waals surface area contributed by atoms with E-state index < -0.39 is 0 Å². The highest BCUT2D eigenvalue weighted by molar-refractivity contribution is 6.01. The van der Waals surface area contributed by atoms with E-state index in [2.05, 4.69) is 20.3 Å². The van der Waals surface area contributed by atoms with Crippen LogP contribution < -0.4 is 5.32 Å². The minimum absolute atomic E-state index is 0.256. The topological polar surface area (TPSA) is 75.6 Å². The fraction of sp³-hybridized carbons (Fsp3) is 0.133. The van der Waals surface area contributed by atoms with Gasteiger partial charge in [-0.2, -0.15) is 0 Å². The van der Waals surface area contributed by atoms with Crippen molar-refractivity contribution >= 4 is 11.6 Å². The Bertz CT molecular complexity index is 754. The summed E-state index contributed by atoms with van der Waals surface area (Å²) in [6, 6.07) is 7.53. The monoisotopic (exact) mass is 281 g/mol. The first-order valence-corrected chi connectivity index (χ1v) is 6.56. The lowest BCUT2D eigenvalue weighted by molar-refractivity contribution is 0.101. The van der Waals surface area contributed by atoms with Crippen molar-refractivity contribution in [2.24, 2.45) is 0 Å². The summed E-state index contributed by atoms with van der Waals surface area (Å²) < 4.78 is 1.87. The lowest BCUT2D eigenvalue weighted by atomic mass is 10.2. The summed E-state index contributed by atoms with van der Waals surface area (Å²) in [4.78, 5) is 23.3. The molecule has 0 saturated heterocycles. The Morgan fingerprint density at radius 3 is 2.86 bits per heavy atom. The van der Waals surface area contributed by atoms with Gasteiger partial charge in [0.2, 0.25) is 0 Å². The maximum Gasteiger partial charge on any atom is 0.291 e. The third-order valence-corrected chi connectivity index (χ3v) is 3.25. The van der Waals surface area contributed by atoms with Crippen LogP contribution in [0.25, 0.3) is 5.69 Å². The molecule has 1 amide bonds. The Morgan fingerprint density at radius 1 is 1.33 bits per heavy atom. The second-order valence-corrected chi connectivity index (χ2v) is 4.77. The number of amides is 1. The minimum atomic E-state index is -0.256. The van der Waals surface area contributed by atoms with Gasteiger partial charge in [0.1, 0.15) is 0 Å². The molecule has 3 aromatic rings. The zero-order valence-corrected chi connectivity index (χ0v) is 11.8. The van der Waals surface area contributed by atoms with Crippen molar-refractivity contribution in [1.82, 2.24) is 19.5 Å². The Morgan fingerprint density at radius 2 is 2.19 bits per heavy atom. The van der Waals surface area contributed by atoms with Crippen molar-refractivity contribution in [3.8, 4) is 5.69 Å². The lowest BCUT2D eigenvalue weighted by Gasteiger charge is -2.06. The van der Waals surface area contributed by atoms with E-state index in [1.807, 2.05) is 48.9 Å². The van der Waals surface area contributed by atoms with Crippen LogP contribution >= 0.6 is 0 Å². The molecule has 2 N–H and O–H groups in total. The fourth-order valence-corrected chi connectivity index (χ4v) is 2.00. The number of aryl methyl sites for hydroxylation is 2. The van der Waals surface area contributed by atoms with Crippen LogP contribution in [0.1, 0.15) is 22.0 Å². The quantitative estimate of drug-likeness (QED) is 0.774. The van der Waals surface area contributed by atoms with E-state index in [1.54, 1.807) is 12.5 Å². The predicted octanol–water partition coefficient (Wildman–Crippen LogP) is 2.46. The van der Waals surface area contributed by atoms with E-state index in [0.29, 0.717) is 11.5 Å². The van der Waals surface area contributed by atoms with Gasteiger partial charge in [-0.1, -0.05) is 6.07 Å². The Hall–Kier alpha value is -2.89. The molecule has 21 heavy (non-hydrogen) atoms. The Kier molecular flexibility index (Phi) is 3.27. The number of imidazole rings is 2. The van der Waals surface area contributed by atoms with E-state index in [-0.39, 0.29) is 5.91 Å². The number of carbonyl (C=O) groups excluding carboxylic acids is 1. The number of aromatic nitrogens is 4. The number of rotatable bonds is 3. The number of carbonyl (C=O) groups is 1. The average molecular weight is 281 g/mol. The molecule has 106 valence electrons. The SMILES string of the molecule is Cc1nc(C(=O)Nc2cccc(-n3ccnc3)c2)[nH]c1C. The Balaban J connectivity index is 1.82. The molecule has 0 spiro atoms. The number of hydrogen-bond donors (Lipinski definition) is 2. The lowest BCUT2D eigenvalue weighted by Crippen LogP contribution is -2.14. The van der Waals surface area contributed by atoms with Crippen molar-refractivity contribution in [2.75, 3.05) is 5.32 Å². The molecule has 0 unspecified atom stereocenters. The first kappa shape index (κ1) is 13.1. The molecule has 6 heteroatoms. The van der Waals surface area contributed by atoms with Gasteiger partial charge in [-0.25, -0.2) is 9.97 Å². The van der Waals surface area contributed by atoms with E-state index in [0.717, 1.165) is 17.1 Å². The number of nitrogens with one attached hydrogen (secondary N) is 2. The first-order chi connectivity index (χ1) is 10.1. The van der Waals surface area contributed by atoms with Crippen LogP contribution in [-0.4, -0.2) is 25.4 Å². The fourth-order valence-electron chi connectivity index (χ4n) is 2.00. The molecule has 0 radical (unpaired) electrons. The number of aromatic amines is 1. The molecule has 0 saturated carbocycles. The van der Waals surface area contributed by atoms with Gasteiger partial charge in [-0.05, 0) is 32.0 Å². The number of benzene rings is 1. The van der Waals surface area contributed by atoms with E-state index in [9.17, 15) is 4.79 Å². The van der Waals surface area contributed by atoms with Crippen LogP contribution in [0, 0.1) is 13.8 Å². The van der Waals surface area contributed by atoms with Crippen LogP contribution in [0.4, 0.5) is 5.69 Å². The summed E-state index contributed by atoms with van der Waals surface area (Å²) in [6.07, 6.45) is 5.26. The molecule has 0 aliphatic carbocycles. The molecule has 2 heterocycles. The molecule has 0 aliphatic heterocycles. The number of anilines is 1. The van der Waals surface area contributed by atoms with Crippen LogP contribution in [0.15, 0.2) is 43.0 Å². The van der Waals surface area contributed by atoms with Gasteiger partial charge in [-0.3, -0.25) is 4.79 Å². The molecule has 6 nitrogen and oxygen atoms in total. The van der Waals surface area contributed by atoms with Crippen molar-refractivity contribution in [3.05, 3.63) is 60.2 Å². The van der Waals surface area contributed by atoms with E-state index in [1.165, 1.54) is 0 Å². The summed E-state index contributed by atoms with van der Waals surface area (Å²) in [5.41, 5.74) is 3.36. The van der Waals surface area contributed by atoms with Crippen molar-refractivity contribution < 1.29 is 4.79 Å². The highest BCUT2D eigenvalue weighted by Gasteiger charge is 2.12. The molecule has 3 rings (SSSR count). The molecular formula is C15H15N5O. The van der Waals surface area contributed by atoms with Gasteiger partial charge in [0.15, 0.2) is 5.82 Å². The van der Waals surface area contributed by atoms with Crippen molar-refractivity contribution in [1.29, 1.82) is 0 Å². The molecule has 0 fully saturated rings. The zero-order chi connectivity index (χ0) is 14.8. The number of hydrogen-bond acceptors (Lipinski definition) is 3. The Labute approximate surface area is 121 Å². The van der Waals surface area contributed by atoms with Gasteiger partial charge < -0.3 is 14.9 Å². The highest BCUT2D eigenvalue weighted by atomic mass is 16.2. The molecule has 0 bridgehead atoms. The maximum absolute atomic E-state index is 12.2. The second kappa shape index (κ2) is 5.24. The van der Waals surface area contributed by atoms with Gasteiger partial charge in [0, 0.05) is 29.5 Å². The summed E-state index contributed by atoms with van der Waals surface area (Å²) in [7, 11) is 0. The summed E-state index contributed by atoms with van der Waals surface area (Å²) in [5, 5.41) is 2.83. The molecular weight excluding hydrogens is 266 g/mol. The minimum Gasteiger partial charge on any atom is -0.338 e. The van der Waals surface area contributed by atoms with Gasteiger partial charge in [-0.15, -0.1) is 0 Å². The third-order valence-electron chi connectivity index (χ3n) is 3.25. The zero-order valence-electron chi connectivity index (χ0n) is 11.8. The van der Waals surface area contributed by atoms with Gasteiger partial charge in [0.05, 0.1) is 12.0 Å². The van der Waals surface area contributed by atoms with Crippen LogP contribution in [0.2, 0.25) is 0 Å². The number of H-pyrrole nitrogens is 1. The number of nitrogens with zero attached hydrogens (tertiary/aromatic N) is 3. The average Bonchev–Trinajstić information content (AvgIpc) is 3.10. The standard InChI is InChI=1S/C15H15N5O/c1-10-11(2)18-14(17-10)15(21)19-12-4-3-5-13(8-12)20-7-6-16-9-20/h3-9H,1-2H3,(H,17,18)(H,19,21).